The average molecular weight is 388 g/mol. The highest BCUT2D eigenvalue weighted by atomic mass is 16.4. The maximum absolute atomic E-state index is 12.4. The summed E-state index contributed by atoms with van der Waals surface area (Å²) in [7, 11) is 1.53. The molecule has 0 fully saturated rings. The van der Waals surface area contributed by atoms with E-state index < -0.39 is 12.1 Å². The summed E-state index contributed by atoms with van der Waals surface area (Å²) in [5, 5.41) is 17.1. The zero-order chi connectivity index (χ0) is 20.7. The Labute approximate surface area is 164 Å². The highest BCUT2D eigenvalue weighted by molar-refractivity contribution is 5.90. The first kappa shape index (κ1) is 21.3. The minimum atomic E-state index is -1.19. The number of benzene rings is 1. The van der Waals surface area contributed by atoms with Crippen molar-refractivity contribution in [1.29, 1.82) is 0 Å². The largest absolute Gasteiger partial charge is 0.465 e. The van der Waals surface area contributed by atoms with Crippen LogP contribution in [0.25, 0.3) is 10.9 Å². The molecule has 0 aliphatic rings. The molecule has 1 atom stereocenters. The summed E-state index contributed by atoms with van der Waals surface area (Å²) >= 11 is 0. The van der Waals surface area contributed by atoms with E-state index in [1.807, 2.05) is 24.3 Å². The lowest BCUT2D eigenvalue weighted by Gasteiger charge is -2.18. The Kier molecular flexibility index (Phi) is 7.43. The summed E-state index contributed by atoms with van der Waals surface area (Å²) in [5.74, 6) is -0.241. The third kappa shape index (κ3) is 5.73. The number of carbonyl (C=O) groups is 3. The van der Waals surface area contributed by atoms with Gasteiger partial charge in [-0.25, -0.2) is 4.79 Å². The zero-order valence-corrected chi connectivity index (χ0v) is 16.5. The van der Waals surface area contributed by atoms with E-state index in [-0.39, 0.29) is 24.8 Å². The number of hydrogen-bond acceptors (Lipinski definition) is 3. The summed E-state index contributed by atoms with van der Waals surface area (Å²) < 4.78 is 0. The van der Waals surface area contributed by atoms with E-state index in [0.29, 0.717) is 12.3 Å². The molecule has 1 heterocycles. The van der Waals surface area contributed by atoms with Crippen LogP contribution in [0.1, 0.15) is 31.5 Å². The number of carboxylic acid groups (broad SMARTS) is 1. The number of rotatable bonds is 9. The minimum Gasteiger partial charge on any atom is -0.465 e. The van der Waals surface area contributed by atoms with Crippen LogP contribution in [-0.2, 0) is 22.4 Å². The fourth-order valence-corrected chi connectivity index (χ4v) is 3.21. The van der Waals surface area contributed by atoms with Crippen molar-refractivity contribution in [3.8, 4) is 0 Å². The lowest BCUT2D eigenvalue weighted by atomic mass is 9.97. The fourth-order valence-electron chi connectivity index (χ4n) is 3.21. The molecule has 0 aliphatic carbocycles. The second-order valence-electron chi connectivity index (χ2n) is 7.15. The smallest absolute Gasteiger partial charge is 0.404 e. The van der Waals surface area contributed by atoms with Crippen LogP contribution in [0.4, 0.5) is 4.79 Å². The Morgan fingerprint density at radius 3 is 2.50 bits per heavy atom. The van der Waals surface area contributed by atoms with Crippen molar-refractivity contribution in [3.63, 3.8) is 0 Å². The van der Waals surface area contributed by atoms with Gasteiger partial charge in [0, 0.05) is 43.0 Å². The van der Waals surface area contributed by atoms with Crippen LogP contribution in [-0.4, -0.2) is 47.6 Å². The number of para-hydroxylation sites is 1. The van der Waals surface area contributed by atoms with Crippen LogP contribution < -0.4 is 16.0 Å². The molecule has 8 nitrogen and oxygen atoms in total. The molecule has 2 rings (SSSR count). The number of aromatic amines is 1. The van der Waals surface area contributed by atoms with E-state index in [2.05, 4.69) is 34.8 Å². The Balaban J connectivity index is 2.23. The predicted molar refractivity (Wildman–Crippen MR) is 107 cm³/mol. The molecule has 0 unspecified atom stereocenters. The van der Waals surface area contributed by atoms with Gasteiger partial charge < -0.3 is 26.0 Å². The van der Waals surface area contributed by atoms with Gasteiger partial charge in [0.1, 0.15) is 6.04 Å². The summed E-state index contributed by atoms with van der Waals surface area (Å²) in [4.78, 5) is 38.5. The number of hydrogen-bond donors (Lipinski definition) is 5. The molecule has 1 aromatic heterocycles. The molecule has 5 N–H and O–H groups in total. The van der Waals surface area contributed by atoms with Gasteiger partial charge in [0.15, 0.2) is 0 Å². The molecule has 0 spiro atoms. The molecule has 28 heavy (non-hydrogen) atoms. The molecule has 8 heteroatoms. The highest BCUT2D eigenvalue weighted by Gasteiger charge is 2.24. The van der Waals surface area contributed by atoms with Gasteiger partial charge in [-0.1, -0.05) is 32.0 Å². The van der Waals surface area contributed by atoms with Crippen molar-refractivity contribution in [2.24, 2.45) is 5.92 Å². The van der Waals surface area contributed by atoms with Crippen molar-refractivity contribution < 1.29 is 19.5 Å². The van der Waals surface area contributed by atoms with Crippen LogP contribution in [0.3, 0.4) is 0 Å². The summed E-state index contributed by atoms with van der Waals surface area (Å²) in [6.07, 6.45) is -0.0371. The number of amides is 3. The number of fused-ring (bicyclic) bond motifs is 1. The second-order valence-corrected chi connectivity index (χ2v) is 7.15. The van der Waals surface area contributed by atoms with Gasteiger partial charge in [-0.05, 0) is 24.0 Å². The average Bonchev–Trinajstić information content (AvgIpc) is 2.96. The lowest BCUT2D eigenvalue weighted by molar-refractivity contribution is -0.128. The molecule has 0 saturated carbocycles. The van der Waals surface area contributed by atoms with Crippen LogP contribution in [0, 0.1) is 5.92 Å². The van der Waals surface area contributed by atoms with Crippen molar-refractivity contribution in [3.05, 3.63) is 35.5 Å². The van der Waals surface area contributed by atoms with Gasteiger partial charge in [-0.3, -0.25) is 9.59 Å². The van der Waals surface area contributed by atoms with Gasteiger partial charge in [0.25, 0.3) is 0 Å². The molecule has 152 valence electrons. The SMILES string of the molecule is CNC(=O)[C@H](Cc1c(CC(C)C)[nH]c2ccccc12)NC(=O)CCNC(=O)O. The van der Waals surface area contributed by atoms with Crippen LogP contribution in [0.15, 0.2) is 24.3 Å². The fraction of sp³-hybridized carbons (Fsp3) is 0.450. The number of aromatic nitrogens is 1. The van der Waals surface area contributed by atoms with Crippen LogP contribution >= 0.6 is 0 Å². The van der Waals surface area contributed by atoms with Gasteiger partial charge in [-0.2, -0.15) is 0 Å². The van der Waals surface area contributed by atoms with Crippen molar-refractivity contribution in [2.45, 2.75) is 39.2 Å². The van der Waals surface area contributed by atoms with Gasteiger partial charge in [0.2, 0.25) is 11.8 Å². The topological polar surface area (TPSA) is 123 Å². The molecular formula is C20H28N4O4. The Bertz CT molecular complexity index is 844. The molecule has 2 aromatic rings. The summed E-state index contributed by atoms with van der Waals surface area (Å²) in [5.41, 5.74) is 3.08. The van der Waals surface area contributed by atoms with E-state index in [4.69, 9.17) is 5.11 Å². The van der Waals surface area contributed by atoms with E-state index >= 15 is 0 Å². The monoisotopic (exact) mass is 388 g/mol. The lowest BCUT2D eigenvalue weighted by Crippen LogP contribution is -2.47. The number of likely N-dealkylation sites (N-methyl/N-ethyl adjacent to an activating group) is 1. The normalized spacial score (nSPS) is 12.0. The highest BCUT2D eigenvalue weighted by Crippen LogP contribution is 2.25. The predicted octanol–water partition coefficient (Wildman–Crippen LogP) is 1.80. The van der Waals surface area contributed by atoms with Gasteiger partial charge in [0.05, 0.1) is 0 Å². The Morgan fingerprint density at radius 1 is 1.14 bits per heavy atom. The molecule has 0 radical (unpaired) electrons. The first-order valence-corrected chi connectivity index (χ1v) is 9.38. The Hall–Kier alpha value is -3.03. The second kappa shape index (κ2) is 9.77. The van der Waals surface area contributed by atoms with Gasteiger partial charge in [-0.15, -0.1) is 0 Å². The molecule has 0 bridgehead atoms. The molecule has 1 aromatic carbocycles. The minimum absolute atomic E-state index is 0.00663. The van der Waals surface area contributed by atoms with E-state index in [0.717, 1.165) is 28.6 Å². The van der Waals surface area contributed by atoms with Crippen molar-refractivity contribution in [2.75, 3.05) is 13.6 Å². The molecular weight excluding hydrogens is 360 g/mol. The summed E-state index contributed by atoms with van der Waals surface area (Å²) in [6, 6.07) is 7.16. The standard InChI is InChI=1S/C20H28N4O4/c1-12(2)10-16-14(13-6-4-5-7-15(13)23-16)11-17(19(26)21-3)24-18(25)8-9-22-20(27)28/h4-7,12,17,22-23H,8-11H2,1-3H3,(H,21,26)(H,24,25)(H,27,28)/t17-/m0/s1. The maximum atomic E-state index is 12.4. The van der Waals surface area contributed by atoms with Gasteiger partial charge >= 0.3 is 6.09 Å². The molecule has 0 saturated heterocycles. The van der Waals surface area contributed by atoms with Crippen LogP contribution in [0.5, 0.6) is 0 Å². The first-order chi connectivity index (χ1) is 13.3. The van der Waals surface area contributed by atoms with Crippen molar-refractivity contribution >= 4 is 28.8 Å². The van der Waals surface area contributed by atoms with Crippen molar-refractivity contribution in [1.82, 2.24) is 20.9 Å². The molecule has 3 amide bonds. The zero-order valence-electron chi connectivity index (χ0n) is 16.5. The quantitative estimate of drug-likeness (QED) is 0.449. The van der Waals surface area contributed by atoms with E-state index in [9.17, 15) is 14.4 Å². The van der Waals surface area contributed by atoms with Crippen LogP contribution in [0.2, 0.25) is 0 Å². The number of carbonyl (C=O) groups excluding carboxylic acids is 2. The summed E-state index contributed by atoms with van der Waals surface area (Å²) in [6.45, 7) is 4.25. The number of H-pyrrole nitrogens is 1. The third-order valence-corrected chi connectivity index (χ3v) is 4.45. The molecule has 0 aliphatic heterocycles. The Morgan fingerprint density at radius 2 is 1.86 bits per heavy atom. The van der Waals surface area contributed by atoms with E-state index in [1.165, 1.54) is 7.05 Å². The van der Waals surface area contributed by atoms with E-state index in [1.54, 1.807) is 0 Å². The number of nitrogens with one attached hydrogen (secondary N) is 4. The first-order valence-electron chi connectivity index (χ1n) is 9.38. The maximum Gasteiger partial charge on any atom is 0.404 e. The third-order valence-electron chi connectivity index (χ3n) is 4.45.